The lowest BCUT2D eigenvalue weighted by Gasteiger charge is -2.33. The number of pyridine rings is 1. The molecule has 172 valence electrons. The maximum Gasteiger partial charge on any atom is 0.170 e. The zero-order valence-electron chi connectivity index (χ0n) is 20.0. The monoisotopic (exact) mass is 459 g/mol. The van der Waals surface area contributed by atoms with Crippen LogP contribution in [-0.2, 0) is 0 Å². The Morgan fingerprint density at radius 2 is 1.76 bits per heavy atom. The average Bonchev–Trinajstić information content (AvgIpc) is 3.52. The van der Waals surface area contributed by atoms with Gasteiger partial charge in [-0.05, 0) is 86.9 Å². The van der Waals surface area contributed by atoms with Gasteiger partial charge in [0.15, 0.2) is 5.11 Å². The molecule has 1 aliphatic heterocycles. The van der Waals surface area contributed by atoms with Gasteiger partial charge >= 0.3 is 0 Å². The predicted molar refractivity (Wildman–Crippen MR) is 139 cm³/mol. The van der Waals surface area contributed by atoms with Crippen LogP contribution in [-0.4, -0.2) is 39.7 Å². The maximum absolute atomic E-state index is 5.92. The second-order valence-electron chi connectivity index (χ2n) is 9.54. The van der Waals surface area contributed by atoms with Crippen molar-refractivity contribution in [3.05, 3.63) is 77.4 Å². The Hall–Kier alpha value is -2.86. The summed E-state index contributed by atoms with van der Waals surface area (Å²) in [5.74, 6) is 0. The molecule has 0 amide bonds. The molecule has 1 N–H and O–H groups in total. The Morgan fingerprint density at radius 3 is 2.39 bits per heavy atom. The second-order valence-corrected chi connectivity index (χ2v) is 9.93. The van der Waals surface area contributed by atoms with E-state index in [0.29, 0.717) is 6.04 Å². The summed E-state index contributed by atoms with van der Waals surface area (Å²) in [4.78, 5) is 9.34. The fourth-order valence-corrected chi connectivity index (χ4v) is 6.05. The Kier molecular flexibility index (Phi) is 5.87. The minimum absolute atomic E-state index is 0.0457. The predicted octanol–water partition coefficient (Wildman–Crippen LogP) is 5.47. The van der Waals surface area contributed by atoms with Gasteiger partial charge < -0.3 is 19.7 Å². The summed E-state index contributed by atoms with van der Waals surface area (Å²) in [6.07, 6.45) is 6.85. The van der Waals surface area contributed by atoms with Gasteiger partial charge in [0.05, 0.1) is 17.8 Å². The first-order chi connectivity index (χ1) is 16.0. The number of benzene rings is 1. The van der Waals surface area contributed by atoms with E-state index in [9.17, 15) is 0 Å². The van der Waals surface area contributed by atoms with Crippen molar-refractivity contribution in [2.24, 2.45) is 0 Å². The highest BCUT2D eigenvalue weighted by atomic mass is 32.1. The summed E-state index contributed by atoms with van der Waals surface area (Å²) < 4.78 is 2.37. The van der Waals surface area contributed by atoms with Crippen LogP contribution in [0.4, 0.5) is 5.69 Å². The van der Waals surface area contributed by atoms with Crippen LogP contribution in [0.25, 0.3) is 5.69 Å². The molecule has 2 fully saturated rings. The average molecular weight is 460 g/mol. The number of thiocarbonyl (C=S) groups is 1. The minimum Gasteiger partial charge on any atom is -0.378 e. The summed E-state index contributed by atoms with van der Waals surface area (Å²) >= 11 is 5.92. The smallest absolute Gasteiger partial charge is 0.170 e. The van der Waals surface area contributed by atoms with Gasteiger partial charge in [-0.1, -0.05) is 18.9 Å². The lowest BCUT2D eigenvalue weighted by Crippen LogP contribution is -2.37. The summed E-state index contributed by atoms with van der Waals surface area (Å²) in [5, 5.41) is 4.51. The first-order valence-electron chi connectivity index (χ1n) is 11.9. The number of nitrogens with zero attached hydrogens (tertiary/aromatic N) is 4. The summed E-state index contributed by atoms with van der Waals surface area (Å²) in [6.45, 7) is 4.44. The molecule has 2 atom stereocenters. The lowest BCUT2D eigenvalue weighted by molar-refractivity contribution is 0.245. The quantitative estimate of drug-likeness (QED) is 0.512. The minimum atomic E-state index is 0.0457. The summed E-state index contributed by atoms with van der Waals surface area (Å²) in [7, 11) is 4.15. The van der Waals surface area contributed by atoms with Crippen LogP contribution in [0.1, 0.15) is 60.4 Å². The number of aryl methyl sites for hydroxylation is 1. The first-order valence-corrected chi connectivity index (χ1v) is 12.3. The van der Waals surface area contributed by atoms with Gasteiger partial charge in [-0.2, -0.15) is 0 Å². The highest BCUT2D eigenvalue weighted by Gasteiger charge is 2.44. The van der Waals surface area contributed by atoms with Crippen molar-refractivity contribution in [2.45, 2.75) is 57.7 Å². The van der Waals surface area contributed by atoms with E-state index in [1.807, 2.05) is 12.3 Å². The molecule has 2 aromatic heterocycles. The highest BCUT2D eigenvalue weighted by Crippen LogP contribution is 2.44. The third-order valence-electron chi connectivity index (χ3n) is 7.27. The molecular weight excluding hydrogens is 426 g/mol. The van der Waals surface area contributed by atoms with Gasteiger partial charge in [-0.15, -0.1) is 0 Å². The fraction of sp³-hybridized carbons (Fsp3) is 0.407. The normalized spacial score (nSPS) is 21.0. The summed E-state index contributed by atoms with van der Waals surface area (Å²) in [6, 6.07) is 18.0. The molecule has 33 heavy (non-hydrogen) atoms. The number of aromatic nitrogens is 2. The largest absolute Gasteiger partial charge is 0.378 e. The van der Waals surface area contributed by atoms with Crippen LogP contribution in [0.15, 0.2) is 54.7 Å². The SMILES string of the molecule is Cc1cc([C@@H]2[C@@H](c3ccccn3)NC(=S)N2C2CCCC2)c(C)n1-c1ccc(N(C)C)cc1. The molecule has 1 saturated carbocycles. The van der Waals surface area contributed by atoms with Crippen LogP contribution >= 0.6 is 12.2 Å². The van der Waals surface area contributed by atoms with Crippen molar-refractivity contribution in [1.82, 2.24) is 19.8 Å². The Morgan fingerprint density at radius 1 is 1.03 bits per heavy atom. The van der Waals surface area contributed by atoms with E-state index in [4.69, 9.17) is 17.2 Å². The van der Waals surface area contributed by atoms with Crippen LogP contribution in [0.5, 0.6) is 0 Å². The van der Waals surface area contributed by atoms with Crippen molar-refractivity contribution in [3.63, 3.8) is 0 Å². The van der Waals surface area contributed by atoms with E-state index in [1.54, 1.807) is 0 Å². The van der Waals surface area contributed by atoms with Gasteiger partial charge in [-0.25, -0.2) is 0 Å². The lowest BCUT2D eigenvalue weighted by atomic mass is 9.95. The van der Waals surface area contributed by atoms with Gasteiger partial charge in [0.2, 0.25) is 0 Å². The molecule has 1 saturated heterocycles. The molecule has 0 bridgehead atoms. The van der Waals surface area contributed by atoms with E-state index in [0.717, 1.165) is 10.8 Å². The Balaban J connectivity index is 1.60. The molecule has 0 radical (unpaired) electrons. The maximum atomic E-state index is 5.92. The van der Waals surface area contributed by atoms with Crippen molar-refractivity contribution in [1.29, 1.82) is 0 Å². The molecule has 5 nitrogen and oxygen atoms in total. The highest BCUT2D eigenvalue weighted by molar-refractivity contribution is 7.80. The number of hydrogen-bond donors (Lipinski definition) is 1. The molecule has 6 heteroatoms. The van der Waals surface area contributed by atoms with Gasteiger partial charge in [0.1, 0.15) is 0 Å². The van der Waals surface area contributed by atoms with Crippen LogP contribution in [0, 0.1) is 13.8 Å². The van der Waals surface area contributed by atoms with Crippen molar-refractivity contribution in [3.8, 4) is 5.69 Å². The third kappa shape index (κ3) is 3.90. The van der Waals surface area contributed by atoms with Gasteiger partial charge in [0.25, 0.3) is 0 Å². The van der Waals surface area contributed by atoms with E-state index in [-0.39, 0.29) is 12.1 Å². The molecule has 1 aromatic carbocycles. The fourth-order valence-electron chi connectivity index (χ4n) is 5.66. The van der Waals surface area contributed by atoms with E-state index in [2.05, 4.69) is 90.1 Å². The van der Waals surface area contributed by atoms with E-state index in [1.165, 1.54) is 54.0 Å². The van der Waals surface area contributed by atoms with Crippen LogP contribution in [0.2, 0.25) is 0 Å². The molecule has 3 heterocycles. The van der Waals surface area contributed by atoms with Crippen LogP contribution in [0.3, 0.4) is 0 Å². The Labute approximate surface area is 202 Å². The zero-order valence-corrected chi connectivity index (χ0v) is 20.8. The molecule has 0 spiro atoms. The number of hydrogen-bond acceptors (Lipinski definition) is 3. The molecule has 1 aliphatic carbocycles. The molecule has 3 aromatic rings. The number of anilines is 1. The molecule has 0 unspecified atom stereocenters. The standard InChI is InChI=1S/C27H33N5S/c1-18-17-23(19(2)31(18)22-14-12-20(13-15-22)30(3)4)26-25(24-11-7-8-16-28-24)29-27(33)32(26)21-9-5-6-10-21/h7-8,11-17,21,25-26H,5-6,9-10H2,1-4H3,(H,29,33)/t25-,26-/m1/s1. The first kappa shape index (κ1) is 22.0. The third-order valence-corrected chi connectivity index (χ3v) is 7.60. The number of nitrogens with one attached hydrogen (secondary N) is 1. The molecular formula is C27H33N5S. The van der Waals surface area contributed by atoms with E-state index < -0.39 is 0 Å². The van der Waals surface area contributed by atoms with Crippen molar-refractivity contribution in [2.75, 3.05) is 19.0 Å². The number of rotatable bonds is 5. The van der Waals surface area contributed by atoms with Crippen molar-refractivity contribution >= 4 is 23.0 Å². The zero-order chi connectivity index (χ0) is 23.1. The van der Waals surface area contributed by atoms with E-state index >= 15 is 0 Å². The van der Waals surface area contributed by atoms with Gasteiger partial charge in [0, 0.05) is 49.1 Å². The van der Waals surface area contributed by atoms with Crippen LogP contribution < -0.4 is 10.2 Å². The summed E-state index contributed by atoms with van der Waals surface area (Å²) in [5.41, 5.74) is 7.28. The van der Waals surface area contributed by atoms with Gasteiger partial charge in [-0.3, -0.25) is 4.98 Å². The van der Waals surface area contributed by atoms with Crippen molar-refractivity contribution < 1.29 is 0 Å². The molecule has 2 aliphatic rings. The Bertz CT molecular complexity index is 1130. The molecule has 5 rings (SSSR count). The second kappa shape index (κ2) is 8.82. The topological polar surface area (TPSA) is 36.3 Å².